The van der Waals surface area contributed by atoms with Crippen LogP contribution in [0.1, 0.15) is 18.1 Å². The van der Waals surface area contributed by atoms with Gasteiger partial charge in [-0.25, -0.2) is 0 Å². The highest BCUT2D eigenvalue weighted by Crippen LogP contribution is 2.31. The van der Waals surface area contributed by atoms with Gasteiger partial charge in [0.15, 0.2) is 5.17 Å². The normalized spacial score (nSPS) is 18.6. The zero-order valence-electron chi connectivity index (χ0n) is 16.9. The van der Waals surface area contributed by atoms with Crippen molar-refractivity contribution >= 4 is 40.5 Å². The number of nitrogens with one attached hydrogen (secondary N) is 1. The molecule has 2 heterocycles. The summed E-state index contributed by atoms with van der Waals surface area (Å²) in [7, 11) is 0. The van der Waals surface area contributed by atoms with E-state index in [0.29, 0.717) is 4.91 Å². The molecule has 0 aromatic heterocycles. The lowest BCUT2D eigenvalue weighted by Crippen LogP contribution is -2.47. The molecule has 1 saturated heterocycles. The number of rotatable bonds is 4. The van der Waals surface area contributed by atoms with E-state index in [1.165, 1.54) is 24.2 Å². The van der Waals surface area contributed by atoms with E-state index in [2.05, 4.69) is 44.4 Å². The Hall–Kier alpha value is -2.90. The van der Waals surface area contributed by atoms with E-state index in [0.717, 1.165) is 49.1 Å². The Morgan fingerprint density at radius 3 is 2.43 bits per heavy atom. The number of carbonyl (C=O) groups is 2. The maximum absolute atomic E-state index is 12.4. The zero-order chi connectivity index (χ0) is 20.9. The van der Waals surface area contributed by atoms with E-state index in [-0.39, 0.29) is 11.8 Å². The number of benzene rings is 2. The smallest absolute Gasteiger partial charge is 0.286 e. The third-order valence-corrected chi connectivity index (χ3v) is 6.07. The van der Waals surface area contributed by atoms with Gasteiger partial charge in [-0.05, 0) is 41.1 Å². The molecular weight excluding hydrogens is 396 g/mol. The first-order valence-corrected chi connectivity index (χ1v) is 10.8. The molecule has 0 atom stereocenters. The minimum atomic E-state index is -0.187. The molecule has 1 N–H and O–H groups in total. The highest BCUT2D eigenvalue weighted by molar-refractivity contribution is 8.18. The predicted octanol–water partition coefficient (Wildman–Crippen LogP) is 3.43. The minimum Gasteiger partial charge on any atom is -0.348 e. The number of amidine groups is 1. The topological polar surface area (TPSA) is 65.0 Å². The fourth-order valence-corrected chi connectivity index (χ4v) is 4.45. The Morgan fingerprint density at radius 2 is 1.77 bits per heavy atom. The summed E-state index contributed by atoms with van der Waals surface area (Å²) in [5.41, 5.74) is 2.97. The number of thioether (sulfide) groups is 1. The second-order valence-electron chi connectivity index (χ2n) is 7.36. The van der Waals surface area contributed by atoms with E-state index in [1.54, 1.807) is 0 Å². The molecule has 0 radical (unpaired) electrons. The third-order valence-electron chi connectivity index (χ3n) is 5.03. The van der Waals surface area contributed by atoms with E-state index in [9.17, 15) is 9.59 Å². The van der Waals surface area contributed by atoms with Gasteiger partial charge in [0.25, 0.3) is 5.91 Å². The first-order valence-electron chi connectivity index (χ1n) is 9.98. The summed E-state index contributed by atoms with van der Waals surface area (Å²) in [6, 6.07) is 17.9. The Labute approximate surface area is 180 Å². The van der Waals surface area contributed by atoms with Crippen molar-refractivity contribution in [1.29, 1.82) is 0 Å². The number of hydrogen-bond donors (Lipinski definition) is 1. The molecule has 6 nitrogen and oxygen atoms in total. The molecule has 0 saturated carbocycles. The fraction of sp³-hybridized carbons (Fsp3) is 0.261. The summed E-state index contributed by atoms with van der Waals surface area (Å²) in [6.45, 7) is 6.06. The molecule has 0 spiro atoms. The van der Waals surface area contributed by atoms with Crippen molar-refractivity contribution in [2.24, 2.45) is 4.99 Å². The molecule has 2 aliphatic heterocycles. The van der Waals surface area contributed by atoms with E-state index >= 15 is 0 Å². The zero-order valence-corrected chi connectivity index (χ0v) is 17.7. The first kappa shape index (κ1) is 20.4. The van der Waals surface area contributed by atoms with Crippen molar-refractivity contribution in [1.82, 2.24) is 9.80 Å². The van der Waals surface area contributed by atoms with Crippen LogP contribution in [0, 0.1) is 0 Å². The van der Waals surface area contributed by atoms with Gasteiger partial charge in [0.05, 0.1) is 4.91 Å². The standard InChI is InChI=1S/C23H24N4O2S/c1-17(28)24-20-9-7-18(8-10-20)15-21-22(29)25-23(30-21)27-13-11-26(12-14-27)16-19-5-3-2-4-6-19/h2-10,15H,11-14,16H2,1H3,(H,24,28). The van der Waals surface area contributed by atoms with Gasteiger partial charge in [0.1, 0.15) is 0 Å². The van der Waals surface area contributed by atoms with Gasteiger partial charge >= 0.3 is 0 Å². The van der Waals surface area contributed by atoms with E-state index in [4.69, 9.17) is 0 Å². The van der Waals surface area contributed by atoms with Crippen molar-refractivity contribution in [2.45, 2.75) is 13.5 Å². The SMILES string of the molecule is CC(=O)Nc1ccc(C=C2SC(N3CCN(Cc4ccccc4)CC3)=NC2=O)cc1. The average molecular weight is 421 g/mol. The van der Waals surface area contributed by atoms with Gasteiger partial charge in [-0.1, -0.05) is 42.5 Å². The number of hydrogen-bond acceptors (Lipinski definition) is 5. The Bertz CT molecular complexity index is 978. The van der Waals surface area contributed by atoms with Gasteiger partial charge in [-0.2, -0.15) is 4.99 Å². The molecule has 0 unspecified atom stereocenters. The van der Waals surface area contributed by atoms with Crippen molar-refractivity contribution in [3.05, 3.63) is 70.6 Å². The predicted molar refractivity (Wildman–Crippen MR) is 122 cm³/mol. The van der Waals surface area contributed by atoms with E-state index < -0.39 is 0 Å². The lowest BCUT2D eigenvalue weighted by atomic mass is 10.2. The fourth-order valence-electron chi connectivity index (χ4n) is 3.49. The maximum atomic E-state index is 12.4. The largest absolute Gasteiger partial charge is 0.348 e. The average Bonchev–Trinajstić information content (AvgIpc) is 3.11. The lowest BCUT2D eigenvalue weighted by molar-refractivity contribution is -0.114. The Kier molecular flexibility index (Phi) is 6.30. The number of aliphatic imine (C=N–C) groups is 1. The second-order valence-corrected chi connectivity index (χ2v) is 8.37. The third kappa shape index (κ3) is 5.17. The van der Waals surface area contributed by atoms with Crippen molar-refractivity contribution in [3.8, 4) is 0 Å². The van der Waals surface area contributed by atoms with Gasteiger partial charge in [0.2, 0.25) is 5.91 Å². The van der Waals surface area contributed by atoms with Gasteiger partial charge in [0, 0.05) is 45.3 Å². The quantitative estimate of drug-likeness (QED) is 0.768. The number of amides is 2. The number of piperazine rings is 1. The number of anilines is 1. The lowest BCUT2D eigenvalue weighted by Gasteiger charge is -2.35. The number of carbonyl (C=O) groups excluding carboxylic acids is 2. The minimum absolute atomic E-state index is 0.107. The van der Waals surface area contributed by atoms with Crippen molar-refractivity contribution in [2.75, 3.05) is 31.5 Å². The van der Waals surface area contributed by atoms with Crippen molar-refractivity contribution < 1.29 is 9.59 Å². The molecule has 2 amide bonds. The molecule has 0 aliphatic carbocycles. The van der Waals surface area contributed by atoms with Crippen LogP contribution in [0.5, 0.6) is 0 Å². The molecule has 2 aromatic rings. The molecule has 154 valence electrons. The summed E-state index contributed by atoms with van der Waals surface area (Å²) in [6.07, 6.45) is 1.85. The van der Waals surface area contributed by atoms with Crippen LogP contribution < -0.4 is 5.32 Å². The molecule has 2 aromatic carbocycles. The van der Waals surface area contributed by atoms with Crippen LogP contribution in [0.2, 0.25) is 0 Å². The molecule has 0 bridgehead atoms. The van der Waals surface area contributed by atoms with Crippen LogP contribution >= 0.6 is 11.8 Å². The van der Waals surface area contributed by atoms with Crippen LogP contribution in [0.25, 0.3) is 6.08 Å². The van der Waals surface area contributed by atoms with Crippen LogP contribution in [0.3, 0.4) is 0 Å². The first-order chi connectivity index (χ1) is 14.6. The van der Waals surface area contributed by atoms with Crippen LogP contribution in [0.4, 0.5) is 5.69 Å². The molecule has 2 aliphatic rings. The summed E-state index contributed by atoms with van der Waals surface area (Å²) < 4.78 is 0. The summed E-state index contributed by atoms with van der Waals surface area (Å²) in [5.74, 6) is -0.294. The molecule has 4 rings (SSSR count). The molecular formula is C23H24N4O2S. The summed E-state index contributed by atoms with van der Waals surface area (Å²) in [5, 5.41) is 3.53. The van der Waals surface area contributed by atoms with Crippen LogP contribution in [-0.2, 0) is 16.1 Å². The van der Waals surface area contributed by atoms with Gasteiger partial charge < -0.3 is 10.2 Å². The van der Waals surface area contributed by atoms with E-state index in [1.807, 2.05) is 36.4 Å². The Balaban J connectivity index is 1.33. The van der Waals surface area contributed by atoms with Gasteiger partial charge in [-0.3, -0.25) is 14.5 Å². The second kappa shape index (κ2) is 9.28. The van der Waals surface area contributed by atoms with Crippen molar-refractivity contribution in [3.63, 3.8) is 0 Å². The highest BCUT2D eigenvalue weighted by Gasteiger charge is 2.28. The molecule has 1 fully saturated rings. The molecule has 30 heavy (non-hydrogen) atoms. The van der Waals surface area contributed by atoms with Crippen LogP contribution in [0.15, 0.2) is 64.5 Å². The highest BCUT2D eigenvalue weighted by atomic mass is 32.2. The van der Waals surface area contributed by atoms with Crippen LogP contribution in [-0.4, -0.2) is 53.0 Å². The maximum Gasteiger partial charge on any atom is 0.286 e. The number of nitrogens with zero attached hydrogens (tertiary/aromatic N) is 3. The molecule has 7 heteroatoms. The Morgan fingerprint density at radius 1 is 1.07 bits per heavy atom. The monoisotopic (exact) mass is 420 g/mol. The summed E-state index contributed by atoms with van der Waals surface area (Å²) in [4.78, 5) is 33.0. The van der Waals surface area contributed by atoms with Gasteiger partial charge in [-0.15, -0.1) is 0 Å². The summed E-state index contributed by atoms with van der Waals surface area (Å²) >= 11 is 1.44.